The van der Waals surface area contributed by atoms with Crippen molar-refractivity contribution in [3.63, 3.8) is 0 Å². The summed E-state index contributed by atoms with van der Waals surface area (Å²) in [5.41, 5.74) is 2.02. The van der Waals surface area contributed by atoms with E-state index in [1.54, 1.807) is 6.07 Å². The zero-order valence-corrected chi connectivity index (χ0v) is 7.75. The first-order valence-corrected chi connectivity index (χ1v) is 4.54. The lowest BCUT2D eigenvalue weighted by Crippen LogP contribution is -1.81. The molecule has 1 heterocycles. The number of phenolic OH excluding ortho intramolecular Hbond substituents is 1. The Balaban J connectivity index is 2.42. The second kappa shape index (κ2) is 3.47. The van der Waals surface area contributed by atoms with Crippen LogP contribution >= 0.6 is 0 Å². The van der Waals surface area contributed by atoms with Crippen molar-refractivity contribution in [1.29, 1.82) is 0 Å². The number of fused-ring (bicyclic) bond motifs is 1. The third kappa shape index (κ3) is 1.45. The summed E-state index contributed by atoms with van der Waals surface area (Å²) in [6.45, 7) is 0. The Morgan fingerprint density at radius 2 is 2.29 bits per heavy atom. The number of aromatic nitrogens is 1. The molecule has 0 saturated carbocycles. The highest BCUT2D eigenvalue weighted by Gasteiger charge is 2.03. The molecule has 0 saturated heterocycles. The highest BCUT2D eigenvalue weighted by atomic mass is 16.3. The molecule has 70 valence electrons. The van der Waals surface area contributed by atoms with Gasteiger partial charge in [-0.1, -0.05) is 6.07 Å². The fraction of sp³-hybridized carbons (Fsp3) is 0.167. The molecule has 1 aromatic heterocycles. The predicted molar refractivity (Wildman–Crippen MR) is 57.1 cm³/mol. The molecule has 2 heteroatoms. The van der Waals surface area contributed by atoms with Crippen molar-refractivity contribution in [3.05, 3.63) is 30.0 Å². The minimum Gasteiger partial charge on any atom is -0.507 e. The Hall–Kier alpha value is -1.88. The lowest BCUT2D eigenvalue weighted by Gasteiger charge is -1.91. The van der Waals surface area contributed by atoms with Crippen LogP contribution in [-0.2, 0) is 6.42 Å². The van der Waals surface area contributed by atoms with Gasteiger partial charge in [0.1, 0.15) is 5.75 Å². The fourth-order valence-electron chi connectivity index (χ4n) is 1.54. The van der Waals surface area contributed by atoms with Crippen LogP contribution in [0.4, 0.5) is 0 Å². The van der Waals surface area contributed by atoms with Crippen molar-refractivity contribution in [2.24, 2.45) is 0 Å². The molecule has 0 radical (unpaired) electrons. The van der Waals surface area contributed by atoms with Crippen molar-refractivity contribution in [2.45, 2.75) is 12.8 Å². The highest BCUT2D eigenvalue weighted by Crippen LogP contribution is 2.25. The van der Waals surface area contributed by atoms with Crippen LogP contribution in [0.3, 0.4) is 0 Å². The van der Waals surface area contributed by atoms with Gasteiger partial charge in [0.2, 0.25) is 0 Å². The lowest BCUT2D eigenvalue weighted by molar-refractivity contribution is 0.481. The first-order chi connectivity index (χ1) is 6.81. The molecule has 0 bridgehead atoms. The van der Waals surface area contributed by atoms with Crippen molar-refractivity contribution in [1.82, 2.24) is 4.98 Å². The van der Waals surface area contributed by atoms with Gasteiger partial charge in [0, 0.05) is 23.0 Å². The molecule has 0 aliphatic heterocycles. The zero-order chi connectivity index (χ0) is 9.97. The summed E-state index contributed by atoms with van der Waals surface area (Å²) in [6.07, 6.45) is 6.73. The SMILES string of the molecule is C#CCCc1cc2c(O)cccc2[nH]1. The molecule has 2 nitrogen and oxygen atoms in total. The number of phenols is 1. The second-order valence-electron chi connectivity index (χ2n) is 3.24. The smallest absolute Gasteiger partial charge is 0.124 e. The Bertz CT molecular complexity index is 490. The van der Waals surface area contributed by atoms with Crippen molar-refractivity contribution in [2.75, 3.05) is 0 Å². The Morgan fingerprint density at radius 3 is 3.00 bits per heavy atom. The van der Waals surface area contributed by atoms with E-state index in [2.05, 4.69) is 10.9 Å². The standard InChI is InChI=1S/C12H11NO/c1-2-3-5-9-8-10-11(13-9)6-4-7-12(10)14/h1,4,6-8,13-14H,3,5H2. The molecule has 1 aromatic carbocycles. The molecule has 0 aliphatic carbocycles. The van der Waals surface area contributed by atoms with E-state index in [0.29, 0.717) is 12.2 Å². The van der Waals surface area contributed by atoms with E-state index in [1.165, 1.54) is 0 Å². The number of benzene rings is 1. The van der Waals surface area contributed by atoms with E-state index >= 15 is 0 Å². The summed E-state index contributed by atoms with van der Waals surface area (Å²) in [5.74, 6) is 2.90. The number of H-pyrrole nitrogens is 1. The number of terminal acetylenes is 1. The third-order valence-electron chi connectivity index (χ3n) is 2.24. The Morgan fingerprint density at radius 1 is 1.43 bits per heavy atom. The van der Waals surface area contributed by atoms with E-state index in [-0.39, 0.29) is 0 Å². The highest BCUT2D eigenvalue weighted by molar-refractivity contribution is 5.86. The third-order valence-corrected chi connectivity index (χ3v) is 2.24. The first-order valence-electron chi connectivity index (χ1n) is 4.54. The van der Waals surface area contributed by atoms with Gasteiger partial charge >= 0.3 is 0 Å². The maximum atomic E-state index is 9.55. The predicted octanol–water partition coefficient (Wildman–Crippen LogP) is 2.44. The molecular formula is C12H11NO. The van der Waals surface area contributed by atoms with E-state index in [0.717, 1.165) is 23.0 Å². The summed E-state index contributed by atoms with van der Waals surface area (Å²) in [5, 5.41) is 10.4. The molecule has 0 aliphatic rings. The van der Waals surface area contributed by atoms with Crippen LogP contribution in [0.15, 0.2) is 24.3 Å². The monoisotopic (exact) mass is 185 g/mol. The van der Waals surface area contributed by atoms with Gasteiger partial charge in [0.15, 0.2) is 0 Å². The lowest BCUT2D eigenvalue weighted by atomic mass is 10.2. The van der Waals surface area contributed by atoms with Gasteiger partial charge in [0.25, 0.3) is 0 Å². The van der Waals surface area contributed by atoms with E-state index in [1.807, 2.05) is 18.2 Å². The summed E-state index contributed by atoms with van der Waals surface area (Å²) in [6, 6.07) is 7.39. The summed E-state index contributed by atoms with van der Waals surface area (Å²) < 4.78 is 0. The van der Waals surface area contributed by atoms with Gasteiger partial charge in [-0.15, -0.1) is 12.3 Å². The number of aromatic hydroxyl groups is 1. The van der Waals surface area contributed by atoms with Gasteiger partial charge in [-0.25, -0.2) is 0 Å². The fourth-order valence-corrected chi connectivity index (χ4v) is 1.54. The van der Waals surface area contributed by atoms with Crippen molar-refractivity contribution in [3.8, 4) is 18.1 Å². The van der Waals surface area contributed by atoms with Gasteiger partial charge in [-0.05, 0) is 24.6 Å². The van der Waals surface area contributed by atoms with Crippen LogP contribution in [0.1, 0.15) is 12.1 Å². The van der Waals surface area contributed by atoms with Crippen LogP contribution < -0.4 is 0 Å². The number of nitrogens with one attached hydrogen (secondary N) is 1. The van der Waals surface area contributed by atoms with E-state index in [4.69, 9.17) is 6.42 Å². The van der Waals surface area contributed by atoms with Crippen LogP contribution in [0, 0.1) is 12.3 Å². The number of rotatable bonds is 2. The first kappa shape index (κ1) is 8.71. The molecule has 0 atom stereocenters. The van der Waals surface area contributed by atoms with Gasteiger partial charge in [0.05, 0.1) is 0 Å². The maximum absolute atomic E-state index is 9.55. The average molecular weight is 185 g/mol. The number of aryl methyl sites for hydroxylation is 1. The molecule has 2 rings (SSSR count). The zero-order valence-electron chi connectivity index (χ0n) is 7.75. The molecular weight excluding hydrogens is 174 g/mol. The summed E-state index contributed by atoms with van der Waals surface area (Å²) in [4.78, 5) is 3.22. The van der Waals surface area contributed by atoms with Crippen molar-refractivity contribution >= 4 is 10.9 Å². The number of aromatic amines is 1. The maximum Gasteiger partial charge on any atom is 0.124 e. The van der Waals surface area contributed by atoms with E-state index < -0.39 is 0 Å². The molecule has 0 spiro atoms. The number of hydrogen-bond donors (Lipinski definition) is 2. The van der Waals surface area contributed by atoms with E-state index in [9.17, 15) is 5.11 Å². The Labute approximate surface area is 82.6 Å². The number of hydrogen-bond acceptors (Lipinski definition) is 1. The van der Waals surface area contributed by atoms with Gasteiger partial charge in [-0.2, -0.15) is 0 Å². The normalized spacial score (nSPS) is 10.2. The minimum atomic E-state index is 0.311. The van der Waals surface area contributed by atoms with Crippen LogP contribution in [0.25, 0.3) is 10.9 Å². The molecule has 0 fully saturated rings. The van der Waals surface area contributed by atoms with Crippen LogP contribution in [-0.4, -0.2) is 10.1 Å². The van der Waals surface area contributed by atoms with Crippen LogP contribution in [0.5, 0.6) is 5.75 Å². The van der Waals surface area contributed by atoms with Gasteiger partial charge < -0.3 is 10.1 Å². The van der Waals surface area contributed by atoms with Crippen molar-refractivity contribution < 1.29 is 5.11 Å². The van der Waals surface area contributed by atoms with Gasteiger partial charge in [-0.3, -0.25) is 0 Å². The Kier molecular flexibility index (Phi) is 2.16. The molecule has 0 amide bonds. The average Bonchev–Trinajstić information content (AvgIpc) is 2.59. The second-order valence-corrected chi connectivity index (χ2v) is 3.24. The quantitative estimate of drug-likeness (QED) is 0.692. The molecule has 14 heavy (non-hydrogen) atoms. The largest absolute Gasteiger partial charge is 0.507 e. The summed E-state index contributed by atoms with van der Waals surface area (Å²) in [7, 11) is 0. The molecule has 2 aromatic rings. The summed E-state index contributed by atoms with van der Waals surface area (Å²) >= 11 is 0. The molecule has 2 N–H and O–H groups in total. The topological polar surface area (TPSA) is 36.0 Å². The molecule has 0 unspecified atom stereocenters. The van der Waals surface area contributed by atoms with Crippen LogP contribution in [0.2, 0.25) is 0 Å². The minimum absolute atomic E-state index is 0.311.